The minimum absolute atomic E-state index is 0.162. The molecular weight excluding hydrogens is 308 g/mol. The zero-order valence-corrected chi connectivity index (χ0v) is 15.8. The second-order valence-electron chi connectivity index (χ2n) is 7.31. The van der Waals surface area contributed by atoms with Gasteiger partial charge in [-0.2, -0.15) is 0 Å². The van der Waals surface area contributed by atoms with Crippen molar-refractivity contribution >= 4 is 12.1 Å². The highest BCUT2D eigenvalue weighted by atomic mass is 16.6. The van der Waals surface area contributed by atoms with E-state index in [1.54, 1.807) is 7.05 Å². The van der Waals surface area contributed by atoms with Crippen LogP contribution in [0, 0.1) is 0 Å². The summed E-state index contributed by atoms with van der Waals surface area (Å²) in [6, 6.07) is 0.342. The second kappa shape index (κ2) is 9.71. The van der Waals surface area contributed by atoms with Crippen molar-refractivity contribution in [2.24, 2.45) is 4.99 Å². The van der Waals surface area contributed by atoms with Gasteiger partial charge >= 0.3 is 6.09 Å². The minimum atomic E-state index is -0.489. The molecule has 0 atom stereocenters. The topological polar surface area (TPSA) is 86.2 Å². The number of amides is 1. The molecule has 0 bridgehead atoms. The molecule has 0 heterocycles. The second-order valence-corrected chi connectivity index (χ2v) is 7.31. The first-order valence-electron chi connectivity index (χ1n) is 8.88. The van der Waals surface area contributed by atoms with Crippen LogP contribution in [0.25, 0.3) is 0 Å². The number of rotatable bonds is 5. The zero-order valence-electron chi connectivity index (χ0n) is 15.8. The minimum Gasteiger partial charge on any atom is -0.444 e. The number of ether oxygens (including phenoxy) is 1. The Morgan fingerprint density at radius 1 is 1.29 bits per heavy atom. The third-order valence-corrected chi connectivity index (χ3v) is 3.79. The fraction of sp³-hybridized carbons (Fsp3) is 0.882. The van der Waals surface area contributed by atoms with Gasteiger partial charge in [-0.15, -0.1) is 0 Å². The van der Waals surface area contributed by atoms with Crippen LogP contribution in [0.4, 0.5) is 4.79 Å². The molecule has 1 rings (SSSR count). The molecule has 7 nitrogen and oxygen atoms in total. The fourth-order valence-electron chi connectivity index (χ4n) is 2.48. The summed E-state index contributed by atoms with van der Waals surface area (Å²) in [4.78, 5) is 18.0. The first-order valence-corrected chi connectivity index (χ1v) is 8.88. The number of guanidine groups is 1. The van der Waals surface area contributed by atoms with E-state index in [2.05, 4.69) is 15.6 Å². The Kier molecular flexibility index (Phi) is 8.31. The Morgan fingerprint density at radius 3 is 2.46 bits per heavy atom. The van der Waals surface area contributed by atoms with Gasteiger partial charge in [-0.25, -0.2) is 4.79 Å². The van der Waals surface area contributed by atoms with E-state index in [0.29, 0.717) is 19.1 Å². The third-order valence-electron chi connectivity index (χ3n) is 3.79. The normalized spacial score (nSPS) is 22.0. The molecule has 24 heavy (non-hydrogen) atoms. The van der Waals surface area contributed by atoms with Crippen molar-refractivity contribution in [1.82, 2.24) is 15.5 Å². The van der Waals surface area contributed by atoms with Crippen LogP contribution in [-0.2, 0) is 4.74 Å². The molecule has 1 aliphatic rings. The summed E-state index contributed by atoms with van der Waals surface area (Å²) < 4.78 is 5.32. The molecule has 0 unspecified atom stereocenters. The molecule has 1 aliphatic carbocycles. The fourth-order valence-corrected chi connectivity index (χ4v) is 2.48. The van der Waals surface area contributed by atoms with E-state index in [4.69, 9.17) is 4.74 Å². The third kappa shape index (κ3) is 8.38. The van der Waals surface area contributed by atoms with Crippen LogP contribution in [0.5, 0.6) is 0 Å². The molecule has 0 aliphatic heterocycles. The lowest BCUT2D eigenvalue weighted by Gasteiger charge is -2.28. The smallest absolute Gasteiger partial charge is 0.410 e. The maximum absolute atomic E-state index is 11.9. The molecule has 7 heteroatoms. The summed E-state index contributed by atoms with van der Waals surface area (Å²) in [5.41, 5.74) is -0.489. The Balaban J connectivity index is 2.43. The van der Waals surface area contributed by atoms with Crippen molar-refractivity contribution in [2.45, 2.75) is 71.1 Å². The summed E-state index contributed by atoms with van der Waals surface area (Å²) >= 11 is 0. The number of carbonyl (C=O) groups is 1. The van der Waals surface area contributed by atoms with E-state index < -0.39 is 5.60 Å². The Labute approximate surface area is 145 Å². The van der Waals surface area contributed by atoms with Crippen molar-refractivity contribution in [2.75, 3.05) is 26.7 Å². The predicted molar refractivity (Wildman–Crippen MR) is 96.2 cm³/mol. The monoisotopic (exact) mass is 342 g/mol. The van der Waals surface area contributed by atoms with Gasteiger partial charge in [-0.05, 0) is 53.4 Å². The number of likely N-dealkylation sites (N-methyl/N-ethyl adjacent to an activating group) is 1. The number of hydrogen-bond donors (Lipinski definition) is 3. The Hall–Kier alpha value is -1.50. The Morgan fingerprint density at radius 2 is 1.92 bits per heavy atom. The number of hydrogen-bond acceptors (Lipinski definition) is 4. The van der Waals surface area contributed by atoms with Gasteiger partial charge in [0.1, 0.15) is 5.60 Å². The van der Waals surface area contributed by atoms with E-state index in [1.807, 2.05) is 27.7 Å². The van der Waals surface area contributed by atoms with Crippen LogP contribution < -0.4 is 10.6 Å². The average molecular weight is 342 g/mol. The molecule has 1 fully saturated rings. The number of carbonyl (C=O) groups excluding carboxylic acids is 1. The van der Waals surface area contributed by atoms with Crippen molar-refractivity contribution in [3.8, 4) is 0 Å². The highest BCUT2D eigenvalue weighted by Gasteiger charge is 2.21. The number of aliphatic hydroxyl groups excluding tert-OH is 1. The molecule has 0 aromatic carbocycles. The maximum atomic E-state index is 11.9. The quantitative estimate of drug-likeness (QED) is 0.523. The van der Waals surface area contributed by atoms with Crippen LogP contribution in [0.1, 0.15) is 53.4 Å². The summed E-state index contributed by atoms with van der Waals surface area (Å²) in [6.45, 7) is 9.36. The van der Waals surface area contributed by atoms with Gasteiger partial charge in [0.2, 0.25) is 0 Å². The molecular formula is C17H34N4O3. The highest BCUT2D eigenvalue weighted by molar-refractivity contribution is 5.80. The van der Waals surface area contributed by atoms with Crippen LogP contribution in [0.15, 0.2) is 4.99 Å². The predicted octanol–water partition coefficient (Wildman–Crippen LogP) is 1.71. The highest BCUT2D eigenvalue weighted by Crippen LogP contribution is 2.18. The first kappa shape index (κ1) is 20.5. The van der Waals surface area contributed by atoms with Crippen LogP contribution in [0.2, 0.25) is 0 Å². The molecule has 1 saturated carbocycles. The van der Waals surface area contributed by atoms with Crippen LogP contribution >= 0.6 is 0 Å². The number of nitrogens with zero attached hydrogens (tertiary/aromatic N) is 2. The van der Waals surface area contributed by atoms with E-state index >= 15 is 0 Å². The number of aliphatic imine (C=N–C) groups is 1. The van der Waals surface area contributed by atoms with Crippen molar-refractivity contribution in [1.29, 1.82) is 0 Å². The van der Waals surface area contributed by atoms with E-state index in [-0.39, 0.29) is 12.2 Å². The van der Waals surface area contributed by atoms with Gasteiger partial charge in [0.15, 0.2) is 5.96 Å². The standard InChI is InChI=1S/C17H34N4O3/c1-6-18-15(20-13-7-9-14(22)10-8-13)19-11-12-21(5)16(23)24-17(2,3)4/h13-14,22H,6-12H2,1-5H3,(H2,18,19,20). The SMILES string of the molecule is CCNC(=NCCN(C)C(=O)OC(C)(C)C)NC1CCC(O)CC1. The summed E-state index contributed by atoms with van der Waals surface area (Å²) in [7, 11) is 1.71. The molecule has 3 N–H and O–H groups in total. The van der Waals surface area contributed by atoms with E-state index in [0.717, 1.165) is 38.2 Å². The first-order chi connectivity index (χ1) is 11.2. The zero-order chi connectivity index (χ0) is 18.2. The van der Waals surface area contributed by atoms with Gasteiger partial charge in [0.25, 0.3) is 0 Å². The largest absolute Gasteiger partial charge is 0.444 e. The van der Waals surface area contributed by atoms with Crippen molar-refractivity contribution in [3.05, 3.63) is 0 Å². The molecule has 0 spiro atoms. The molecule has 140 valence electrons. The maximum Gasteiger partial charge on any atom is 0.410 e. The van der Waals surface area contributed by atoms with Gasteiger partial charge < -0.3 is 25.4 Å². The molecule has 0 aromatic rings. The van der Waals surface area contributed by atoms with Crippen LogP contribution in [0.3, 0.4) is 0 Å². The summed E-state index contributed by atoms with van der Waals surface area (Å²) in [5.74, 6) is 0.761. The van der Waals surface area contributed by atoms with Gasteiger partial charge in [-0.3, -0.25) is 4.99 Å². The van der Waals surface area contributed by atoms with Crippen LogP contribution in [-0.4, -0.2) is 66.5 Å². The van der Waals surface area contributed by atoms with Gasteiger partial charge in [0.05, 0.1) is 12.6 Å². The summed E-state index contributed by atoms with van der Waals surface area (Å²) in [6.07, 6.45) is 3.06. The van der Waals surface area contributed by atoms with Gasteiger partial charge in [-0.1, -0.05) is 0 Å². The molecule has 0 saturated heterocycles. The molecule has 0 aromatic heterocycles. The summed E-state index contributed by atoms with van der Waals surface area (Å²) in [5, 5.41) is 16.2. The lowest BCUT2D eigenvalue weighted by Crippen LogP contribution is -2.45. The lowest BCUT2D eigenvalue weighted by atomic mass is 9.93. The average Bonchev–Trinajstić information content (AvgIpc) is 2.48. The Bertz CT molecular complexity index is 413. The number of nitrogens with one attached hydrogen (secondary N) is 2. The molecule has 0 radical (unpaired) electrons. The van der Waals surface area contributed by atoms with Crippen molar-refractivity contribution < 1.29 is 14.6 Å². The van der Waals surface area contributed by atoms with E-state index in [1.165, 1.54) is 4.90 Å². The molecule has 1 amide bonds. The van der Waals surface area contributed by atoms with Gasteiger partial charge in [0, 0.05) is 26.2 Å². The lowest BCUT2D eigenvalue weighted by molar-refractivity contribution is 0.0304. The van der Waals surface area contributed by atoms with E-state index in [9.17, 15) is 9.90 Å². The number of aliphatic hydroxyl groups is 1. The van der Waals surface area contributed by atoms with Crippen molar-refractivity contribution in [3.63, 3.8) is 0 Å².